The fraction of sp³-hybridized carbons (Fsp3) is 0.316. The minimum Gasteiger partial charge on any atom is -0.336 e. The summed E-state index contributed by atoms with van der Waals surface area (Å²) in [6.45, 7) is 2.49. The standard InChI is InChI=1S/C19H17Cl2F3N2O/c20-16-6-2-5-15(17(16)21)18(27)26-9-7-25(8-10-26)12-13-3-1-4-14(11-13)19(22,23)24/h1-6,11H,7-10,12H2. The van der Waals surface area contributed by atoms with Gasteiger partial charge in [0.2, 0.25) is 0 Å². The minimum atomic E-state index is -4.35. The van der Waals surface area contributed by atoms with E-state index in [2.05, 4.69) is 0 Å². The monoisotopic (exact) mass is 416 g/mol. The molecule has 0 aliphatic carbocycles. The van der Waals surface area contributed by atoms with Crippen molar-refractivity contribution >= 4 is 29.1 Å². The van der Waals surface area contributed by atoms with Gasteiger partial charge in [-0.05, 0) is 23.8 Å². The van der Waals surface area contributed by atoms with Gasteiger partial charge in [-0.25, -0.2) is 0 Å². The summed E-state index contributed by atoms with van der Waals surface area (Å²) in [5.41, 5.74) is 0.308. The van der Waals surface area contributed by atoms with Crippen LogP contribution in [0.4, 0.5) is 13.2 Å². The number of amides is 1. The van der Waals surface area contributed by atoms with Gasteiger partial charge in [0.05, 0.1) is 21.2 Å². The molecule has 0 atom stereocenters. The molecule has 1 saturated heterocycles. The Morgan fingerprint density at radius 2 is 1.67 bits per heavy atom. The number of benzene rings is 2. The van der Waals surface area contributed by atoms with Crippen LogP contribution in [0.2, 0.25) is 10.0 Å². The van der Waals surface area contributed by atoms with Gasteiger partial charge in [-0.3, -0.25) is 9.69 Å². The molecule has 8 heteroatoms. The molecule has 1 amide bonds. The highest BCUT2D eigenvalue weighted by atomic mass is 35.5. The molecule has 144 valence electrons. The fourth-order valence-corrected chi connectivity index (χ4v) is 3.43. The van der Waals surface area contributed by atoms with Gasteiger partial charge in [-0.1, -0.05) is 47.5 Å². The van der Waals surface area contributed by atoms with Crippen LogP contribution in [0, 0.1) is 0 Å². The second kappa shape index (κ2) is 8.09. The lowest BCUT2D eigenvalue weighted by Crippen LogP contribution is -2.48. The van der Waals surface area contributed by atoms with Crippen LogP contribution >= 0.6 is 23.2 Å². The van der Waals surface area contributed by atoms with Crippen molar-refractivity contribution in [3.63, 3.8) is 0 Å². The second-order valence-corrected chi connectivity index (χ2v) is 7.15. The van der Waals surface area contributed by atoms with E-state index in [0.717, 1.165) is 6.07 Å². The Kier molecular flexibility index (Phi) is 5.99. The minimum absolute atomic E-state index is 0.193. The zero-order valence-corrected chi connectivity index (χ0v) is 15.8. The molecule has 0 radical (unpaired) electrons. The van der Waals surface area contributed by atoms with Crippen molar-refractivity contribution in [3.8, 4) is 0 Å². The lowest BCUT2D eigenvalue weighted by atomic mass is 10.1. The molecule has 27 heavy (non-hydrogen) atoms. The zero-order chi connectivity index (χ0) is 19.6. The van der Waals surface area contributed by atoms with Gasteiger partial charge in [0, 0.05) is 32.7 Å². The van der Waals surface area contributed by atoms with Crippen molar-refractivity contribution < 1.29 is 18.0 Å². The third-order valence-electron chi connectivity index (χ3n) is 4.50. The lowest BCUT2D eigenvalue weighted by Gasteiger charge is -2.35. The average molecular weight is 417 g/mol. The molecule has 1 aliphatic heterocycles. The molecule has 1 aliphatic rings. The molecular weight excluding hydrogens is 400 g/mol. The third-order valence-corrected chi connectivity index (χ3v) is 5.32. The third kappa shape index (κ3) is 4.75. The Morgan fingerprint density at radius 3 is 2.33 bits per heavy atom. The van der Waals surface area contributed by atoms with Crippen LogP contribution < -0.4 is 0 Å². The van der Waals surface area contributed by atoms with Gasteiger partial charge in [-0.15, -0.1) is 0 Å². The number of carbonyl (C=O) groups excluding carboxylic acids is 1. The number of carbonyl (C=O) groups is 1. The largest absolute Gasteiger partial charge is 0.416 e. The molecule has 0 N–H and O–H groups in total. The fourth-order valence-electron chi connectivity index (χ4n) is 3.05. The highest BCUT2D eigenvalue weighted by Crippen LogP contribution is 2.30. The summed E-state index contributed by atoms with van der Waals surface area (Å²) in [7, 11) is 0. The van der Waals surface area contributed by atoms with E-state index in [9.17, 15) is 18.0 Å². The molecule has 0 bridgehead atoms. The summed E-state index contributed by atoms with van der Waals surface area (Å²) >= 11 is 12.1. The summed E-state index contributed by atoms with van der Waals surface area (Å²) in [6.07, 6.45) is -4.35. The van der Waals surface area contributed by atoms with Gasteiger partial charge in [0.25, 0.3) is 5.91 Å². The normalized spacial score (nSPS) is 15.8. The van der Waals surface area contributed by atoms with Crippen molar-refractivity contribution in [2.45, 2.75) is 12.7 Å². The number of piperazine rings is 1. The number of rotatable bonds is 3. The van der Waals surface area contributed by atoms with Crippen LogP contribution in [0.25, 0.3) is 0 Å². The smallest absolute Gasteiger partial charge is 0.336 e. The number of alkyl halides is 3. The van der Waals surface area contributed by atoms with E-state index in [1.165, 1.54) is 12.1 Å². The lowest BCUT2D eigenvalue weighted by molar-refractivity contribution is -0.137. The molecule has 0 aromatic heterocycles. The molecule has 3 rings (SSSR count). The van der Waals surface area contributed by atoms with Crippen LogP contribution in [0.1, 0.15) is 21.5 Å². The summed E-state index contributed by atoms with van der Waals surface area (Å²) in [5, 5.41) is 0.557. The van der Waals surface area contributed by atoms with Crippen LogP contribution in [0.15, 0.2) is 42.5 Å². The molecule has 3 nitrogen and oxygen atoms in total. The molecule has 2 aromatic rings. The van der Waals surface area contributed by atoms with Crippen molar-refractivity contribution in [1.82, 2.24) is 9.80 Å². The first-order valence-electron chi connectivity index (χ1n) is 8.37. The summed E-state index contributed by atoms with van der Waals surface area (Å²) < 4.78 is 38.5. The SMILES string of the molecule is O=C(c1cccc(Cl)c1Cl)N1CCN(Cc2cccc(C(F)(F)F)c2)CC1. The van der Waals surface area contributed by atoms with Crippen molar-refractivity contribution in [2.75, 3.05) is 26.2 Å². The summed E-state index contributed by atoms with van der Waals surface area (Å²) in [6, 6.07) is 10.3. The Hall–Kier alpha value is -1.76. The van der Waals surface area contributed by atoms with Gasteiger partial charge in [0.15, 0.2) is 0 Å². The highest BCUT2D eigenvalue weighted by Gasteiger charge is 2.30. The van der Waals surface area contributed by atoms with E-state index >= 15 is 0 Å². The predicted octanol–water partition coefficient (Wildman–Crippen LogP) is 4.97. The van der Waals surface area contributed by atoms with Gasteiger partial charge >= 0.3 is 6.18 Å². The highest BCUT2D eigenvalue weighted by molar-refractivity contribution is 6.43. The van der Waals surface area contributed by atoms with E-state index in [1.807, 2.05) is 4.90 Å². The maximum Gasteiger partial charge on any atom is 0.416 e. The molecule has 1 heterocycles. The van der Waals surface area contributed by atoms with E-state index in [0.29, 0.717) is 48.9 Å². The van der Waals surface area contributed by atoms with Crippen LogP contribution in [0.3, 0.4) is 0 Å². The van der Waals surface area contributed by atoms with Crippen molar-refractivity contribution in [3.05, 3.63) is 69.2 Å². The van der Waals surface area contributed by atoms with Gasteiger partial charge in [0.1, 0.15) is 0 Å². The molecule has 2 aromatic carbocycles. The average Bonchev–Trinajstić information content (AvgIpc) is 2.64. The quantitative estimate of drug-likeness (QED) is 0.704. The first kappa shape index (κ1) is 20.0. The van der Waals surface area contributed by atoms with Crippen molar-refractivity contribution in [2.24, 2.45) is 0 Å². The number of hydrogen-bond donors (Lipinski definition) is 0. The van der Waals surface area contributed by atoms with Crippen LogP contribution in [-0.4, -0.2) is 41.9 Å². The van der Waals surface area contributed by atoms with Crippen molar-refractivity contribution in [1.29, 1.82) is 0 Å². The van der Waals surface area contributed by atoms with E-state index < -0.39 is 11.7 Å². The van der Waals surface area contributed by atoms with E-state index in [-0.39, 0.29) is 10.9 Å². The Labute approximate surface area is 165 Å². The van der Waals surface area contributed by atoms with Crippen LogP contribution in [-0.2, 0) is 12.7 Å². The molecule has 0 unspecified atom stereocenters. The first-order chi connectivity index (χ1) is 12.8. The number of hydrogen-bond acceptors (Lipinski definition) is 2. The Morgan fingerprint density at radius 1 is 1.00 bits per heavy atom. The number of halogens is 5. The first-order valence-corrected chi connectivity index (χ1v) is 9.13. The van der Waals surface area contributed by atoms with Gasteiger partial charge < -0.3 is 4.90 Å². The van der Waals surface area contributed by atoms with E-state index in [4.69, 9.17) is 23.2 Å². The zero-order valence-electron chi connectivity index (χ0n) is 14.3. The number of nitrogens with zero attached hydrogens (tertiary/aromatic N) is 2. The summed E-state index contributed by atoms with van der Waals surface area (Å²) in [4.78, 5) is 16.3. The topological polar surface area (TPSA) is 23.6 Å². The summed E-state index contributed by atoms with van der Waals surface area (Å²) in [5.74, 6) is -0.193. The van der Waals surface area contributed by atoms with E-state index in [1.54, 1.807) is 29.2 Å². The van der Waals surface area contributed by atoms with Gasteiger partial charge in [-0.2, -0.15) is 13.2 Å². The maximum atomic E-state index is 12.8. The molecule has 1 fully saturated rings. The Balaban J connectivity index is 1.61. The maximum absolute atomic E-state index is 12.8. The predicted molar refractivity (Wildman–Crippen MR) is 99.1 cm³/mol. The molecular formula is C19H17Cl2F3N2O. The molecule has 0 saturated carbocycles. The molecule has 0 spiro atoms. The second-order valence-electron chi connectivity index (χ2n) is 6.37. The van der Waals surface area contributed by atoms with Crippen LogP contribution in [0.5, 0.6) is 0 Å². The Bertz CT molecular complexity index is 834.